The lowest BCUT2D eigenvalue weighted by atomic mass is 10.6. The van der Waals surface area contributed by atoms with Crippen molar-refractivity contribution in [1.29, 1.82) is 0 Å². The molecule has 0 unspecified atom stereocenters. The summed E-state index contributed by atoms with van der Waals surface area (Å²) in [7, 11) is 0. The Bertz CT molecular complexity index is 463. The Morgan fingerprint density at radius 3 is 1.47 bits per heavy atom. The van der Waals surface area contributed by atoms with E-state index in [0.717, 1.165) is 0 Å². The van der Waals surface area contributed by atoms with E-state index in [1.165, 1.54) is 0 Å². The molecule has 0 atom stereocenters. The molecule has 9 nitrogen and oxygen atoms in total. The Kier molecular flexibility index (Phi) is 2.65. The van der Waals surface area contributed by atoms with Gasteiger partial charge in [-0.1, -0.05) is 0 Å². The summed E-state index contributed by atoms with van der Waals surface area (Å²) < 4.78 is 0. The van der Waals surface area contributed by atoms with E-state index >= 15 is 0 Å². The van der Waals surface area contributed by atoms with Crippen LogP contribution in [0.5, 0.6) is 0 Å². The van der Waals surface area contributed by atoms with Crippen LogP contribution in [-0.2, 0) is 0 Å². The van der Waals surface area contributed by atoms with Crippen LogP contribution >= 0.6 is 0 Å². The Morgan fingerprint density at radius 2 is 1.12 bits per heavy atom. The van der Waals surface area contributed by atoms with Crippen molar-refractivity contribution in [3.05, 3.63) is 11.6 Å². The fourth-order valence-corrected chi connectivity index (χ4v) is 1.22. The molecule has 0 saturated heterocycles. The number of anilines is 4. The summed E-state index contributed by atoms with van der Waals surface area (Å²) in [4.78, 5) is 23.5. The van der Waals surface area contributed by atoms with Gasteiger partial charge in [0.25, 0.3) is 0 Å². The van der Waals surface area contributed by atoms with E-state index in [2.05, 4.69) is 35.2 Å². The van der Waals surface area contributed by atoms with Gasteiger partial charge in [-0.15, -0.1) is 0 Å². The zero-order valence-corrected chi connectivity index (χ0v) is 9.34. The van der Waals surface area contributed by atoms with Gasteiger partial charge in [-0.05, 0) is 13.8 Å². The van der Waals surface area contributed by atoms with Gasteiger partial charge in [-0.2, -0.15) is 29.9 Å². The molecule has 0 bridgehead atoms. The highest BCUT2D eigenvalue weighted by atomic mass is 15.3. The summed E-state index contributed by atoms with van der Waals surface area (Å²) in [5.74, 6) is 1.77. The molecule has 0 fully saturated rings. The van der Waals surface area contributed by atoms with Crippen molar-refractivity contribution in [3.63, 3.8) is 0 Å². The SMILES string of the molecule is Cc1nc(N)nc(Nc2nc(C)nc(N)n2)n1. The van der Waals surface area contributed by atoms with Crippen molar-refractivity contribution in [2.24, 2.45) is 0 Å². The second-order valence-electron chi connectivity index (χ2n) is 3.25. The molecule has 0 amide bonds. The van der Waals surface area contributed by atoms with Crippen LogP contribution in [0.25, 0.3) is 0 Å². The molecule has 17 heavy (non-hydrogen) atoms. The van der Waals surface area contributed by atoms with Gasteiger partial charge in [0.15, 0.2) is 0 Å². The topological polar surface area (TPSA) is 141 Å². The van der Waals surface area contributed by atoms with E-state index in [9.17, 15) is 0 Å². The first-order valence-electron chi connectivity index (χ1n) is 4.76. The van der Waals surface area contributed by atoms with Crippen LogP contribution in [0.2, 0.25) is 0 Å². The van der Waals surface area contributed by atoms with Gasteiger partial charge < -0.3 is 11.5 Å². The number of nitrogen functional groups attached to an aromatic ring is 2. The molecule has 0 spiro atoms. The van der Waals surface area contributed by atoms with Gasteiger partial charge in [-0.25, -0.2) is 0 Å². The standard InChI is InChI=1S/C8H11N9/c1-3-11-5(9)15-7(13-3)17-8-14-4(2)12-6(10)16-8/h1-2H3,(H5,9,10,11,12,13,14,15,16,17). The number of hydrogen-bond donors (Lipinski definition) is 3. The first kappa shape index (κ1) is 10.9. The highest BCUT2D eigenvalue weighted by Gasteiger charge is 2.05. The van der Waals surface area contributed by atoms with E-state index in [1.807, 2.05) is 0 Å². The average Bonchev–Trinajstić information content (AvgIpc) is 2.13. The summed E-state index contributed by atoms with van der Waals surface area (Å²) in [6.45, 7) is 3.41. The van der Waals surface area contributed by atoms with E-state index in [-0.39, 0.29) is 23.8 Å². The molecule has 88 valence electrons. The second kappa shape index (κ2) is 4.12. The molecule has 0 aromatic carbocycles. The normalized spacial score (nSPS) is 10.2. The van der Waals surface area contributed by atoms with Crippen LogP contribution in [0.15, 0.2) is 0 Å². The maximum atomic E-state index is 5.49. The Morgan fingerprint density at radius 1 is 0.706 bits per heavy atom. The quantitative estimate of drug-likeness (QED) is 0.630. The maximum absolute atomic E-state index is 5.49. The van der Waals surface area contributed by atoms with Crippen LogP contribution < -0.4 is 16.8 Å². The van der Waals surface area contributed by atoms with Gasteiger partial charge in [0.05, 0.1) is 0 Å². The summed E-state index contributed by atoms with van der Waals surface area (Å²) in [5, 5.41) is 2.78. The zero-order chi connectivity index (χ0) is 12.4. The molecular formula is C8H11N9. The molecule has 0 aliphatic carbocycles. The molecule has 2 aromatic heterocycles. The number of hydrogen-bond acceptors (Lipinski definition) is 9. The van der Waals surface area contributed by atoms with E-state index in [4.69, 9.17) is 11.5 Å². The van der Waals surface area contributed by atoms with Gasteiger partial charge >= 0.3 is 0 Å². The van der Waals surface area contributed by atoms with Crippen LogP contribution in [0, 0.1) is 13.8 Å². The van der Waals surface area contributed by atoms with Gasteiger partial charge in [0, 0.05) is 0 Å². The average molecular weight is 233 g/mol. The van der Waals surface area contributed by atoms with E-state index in [0.29, 0.717) is 11.6 Å². The summed E-state index contributed by atoms with van der Waals surface area (Å²) >= 11 is 0. The van der Waals surface area contributed by atoms with Crippen molar-refractivity contribution in [3.8, 4) is 0 Å². The molecular weight excluding hydrogens is 222 g/mol. The molecule has 9 heteroatoms. The third-order valence-electron chi connectivity index (χ3n) is 1.75. The predicted octanol–water partition coefficient (Wildman–Crippen LogP) is -0.419. The van der Waals surface area contributed by atoms with Gasteiger partial charge in [0.2, 0.25) is 23.8 Å². The minimum atomic E-state index is 0.124. The van der Waals surface area contributed by atoms with Crippen molar-refractivity contribution in [1.82, 2.24) is 29.9 Å². The number of nitrogens with one attached hydrogen (secondary N) is 1. The van der Waals surface area contributed by atoms with Gasteiger partial charge in [0.1, 0.15) is 11.6 Å². The third kappa shape index (κ3) is 2.71. The number of aromatic nitrogens is 6. The Balaban J connectivity index is 2.31. The summed E-state index contributed by atoms with van der Waals surface area (Å²) in [5.41, 5.74) is 11.0. The minimum Gasteiger partial charge on any atom is -0.368 e. The second-order valence-corrected chi connectivity index (χ2v) is 3.25. The van der Waals surface area contributed by atoms with Crippen molar-refractivity contribution < 1.29 is 0 Å². The Labute approximate surface area is 96.8 Å². The highest BCUT2D eigenvalue weighted by molar-refractivity contribution is 5.45. The van der Waals surface area contributed by atoms with Crippen LogP contribution in [0.4, 0.5) is 23.8 Å². The Hall–Kier alpha value is -2.58. The molecule has 0 radical (unpaired) electrons. The van der Waals surface area contributed by atoms with Crippen molar-refractivity contribution in [2.45, 2.75) is 13.8 Å². The molecule has 5 N–H and O–H groups in total. The van der Waals surface area contributed by atoms with Crippen molar-refractivity contribution in [2.75, 3.05) is 16.8 Å². The monoisotopic (exact) mass is 233 g/mol. The number of aryl methyl sites for hydroxylation is 2. The lowest BCUT2D eigenvalue weighted by Gasteiger charge is -2.05. The lowest BCUT2D eigenvalue weighted by molar-refractivity contribution is 0.963. The third-order valence-corrected chi connectivity index (χ3v) is 1.75. The molecule has 0 aliphatic rings. The fourth-order valence-electron chi connectivity index (χ4n) is 1.22. The van der Waals surface area contributed by atoms with Crippen LogP contribution in [0.1, 0.15) is 11.6 Å². The van der Waals surface area contributed by atoms with Crippen LogP contribution in [-0.4, -0.2) is 29.9 Å². The number of nitrogens with two attached hydrogens (primary N) is 2. The summed E-state index contributed by atoms with van der Waals surface area (Å²) in [6, 6.07) is 0. The predicted molar refractivity (Wildman–Crippen MR) is 61.2 cm³/mol. The van der Waals surface area contributed by atoms with Crippen molar-refractivity contribution >= 4 is 23.8 Å². The lowest BCUT2D eigenvalue weighted by Crippen LogP contribution is -2.09. The zero-order valence-electron chi connectivity index (χ0n) is 9.34. The van der Waals surface area contributed by atoms with Gasteiger partial charge in [-0.3, -0.25) is 5.32 Å². The maximum Gasteiger partial charge on any atom is 0.234 e. The number of rotatable bonds is 2. The minimum absolute atomic E-state index is 0.124. The van der Waals surface area contributed by atoms with E-state index < -0.39 is 0 Å². The first-order chi connectivity index (χ1) is 8.02. The van der Waals surface area contributed by atoms with Crippen LogP contribution in [0.3, 0.4) is 0 Å². The number of nitrogens with zero attached hydrogens (tertiary/aromatic N) is 6. The fraction of sp³-hybridized carbons (Fsp3) is 0.250. The molecule has 0 aliphatic heterocycles. The smallest absolute Gasteiger partial charge is 0.234 e. The van der Waals surface area contributed by atoms with E-state index in [1.54, 1.807) is 13.8 Å². The first-order valence-corrected chi connectivity index (χ1v) is 4.76. The summed E-state index contributed by atoms with van der Waals surface area (Å²) in [6.07, 6.45) is 0. The largest absolute Gasteiger partial charge is 0.368 e. The molecule has 0 saturated carbocycles. The molecule has 2 aromatic rings. The molecule has 2 heterocycles. The molecule has 2 rings (SSSR count). The highest BCUT2D eigenvalue weighted by Crippen LogP contribution is 2.09.